The second-order valence-corrected chi connectivity index (χ2v) is 2.17. The summed E-state index contributed by atoms with van der Waals surface area (Å²) in [5, 5.41) is 8.52. The minimum atomic E-state index is -0.500. The summed E-state index contributed by atoms with van der Waals surface area (Å²) in [6, 6.07) is 0. The highest BCUT2D eigenvalue weighted by Gasteiger charge is 1.97. The molecule has 0 bridgehead atoms. The molecule has 2 heteroatoms. The van der Waals surface area contributed by atoms with Crippen molar-refractivity contribution in [3.8, 4) is 0 Å². The van der Waals surface area contributed by atoms with Gasteiger partial charge in [0.1, 0.15) is 0 Å². The number of hydrogen-bond acceptors (Lipinski definition) is 1. The zero-order valence-electron chi connectivity index (χ0n) is 4.36. The van der Waals surface area contributed by atoms with Crippen LogP contribution in [0.1, 0.15) is 20.8 Å². The molecule has 0 saturated heterocycles. The van der Waals surface area contributed by atoms with Gasteiger partial charge in [0.05, 0.1) is 5.60 Å². The molecule has 38 valence electrons. The number of hydrogen-bond donors (Lipinski definition) is 1. The summed E-state index contributed by atoms with van der Waals surface area (Å²) in [7, 11) is 0. The van der Waals surface area contributed by atoms with Gasteiger partial charge in [0, 0.05) is 5.48 Å². The number of aliphatic hydroxyl groups is 1. The highest BCUT2D eigenvalue weighted by atomic mass is 16.3. The van der Waals surface area contributed by atoms with E-state index in [0.29, 0.717) is 0 Å². The molecule has 0 rings (SSSR count). The third kappa shape index (κ3) is 5220. The normalized spacial score (nSPS) is 10.0. The Balaban J connectivity index is 0. The maximum absolute atomic E-state index is 8.52. The average molecular weight is 90.1 g/mol. The van der Waals surface area contributed by atoms with Crippen LogP contribution in [0.4, 0.5) is 0 Å². The minimum absolute atomic E-state index is 0. The van der Waals surface area contributed by atoms with E-state index in [1.54, 1.807) is 20.8 Å². The first-order valence-corrected chi connectivity index (χ1v) is 1.72. The van der Waals surface area contributed by atoms with Gasteiger partial charge in [-0.2, -0.15) is 0 Å². The summed E-state index contributed by atoms with van der Waals surface area (Å²) in [5.74, 6) is 0. The Bertz CT molecular complexity index is 21.0. The molecule has 0 amide bonds. The molecule has 0 heterocycles. The lowest BCUT2D eigenvalue weighted by Gasteiger charge is -2.04. The molecule has 2 radical (unpaired) electrons. The fourth-order valence-corrected chi connectivity index (χ4v) is 0. The van der Waals surface area contributed by atoms with Gasteiger partial charge in [-0.25, -0.2) is 0 Å². The molecule has 0 fully saturated rings. The van der Waals surface area contributed by atoms with Crippen LogP contribution in [-0.4, -0.2) is 10.7 Å². The lowest BCUT2D eigenvalue weighted by molar-refractivity contribution is 0.102. The maximum atomic E-state index is 8.52. The van der Waals surface area contributed by atoms with Crippen molar-refractivity contribution in [2.75, 3.05) is 0 Å². The Kier molecular flexibility index (Phi) is 3.35. The van der Waals surface area contributed by atoms with Gasteiger partial charge in [-0.05, 0) is 20.8 Å². The van der Waals surface area contributed by atoms with Crippen molar-refractivity contribution in [3.63, 3.8) is 0 Å². The molecule has 0 aliphatic carbocycles. The number of rotatable bonds is 0. The van der Waals surface area contributed by atoms with Crippen molar-refractivity contribution in [1.29, 1.82) is 0 Å². The highest BCUT2D eigenvalue weighted by molar-refractivity contribution is 4.50. The molecule has 0 aromatic heterocycles. The van der Waals surface area contributed by atoms with E-state index in [4.69, 9.17) is 5.11 Å². The third-order valence-corrected chi connectivity index (χ3v) is 0. The van der Waals surface area contributed by atoms with Crippen LogP contribution in [0.5, 0.6) is 0 Å². The predicted octanol–water partition coefficient (Wildman–Crippen LogP) is 0.658. The molecule has 0 aliphatic rings. The van der Waals surface area contributed by atoms with Gasteiger partial charge in [-0.15, -0.1) is 0 Å². The van der Waals surface area contributed by atoms with E-state index in [1.807, 2.05) is 0 Å². The van der Waals surface area contributed by atoms with E-state index in [-0.39, 0.29) is 5.48 Å². The van der Waals surface area contributed by atoms with Crippen molar-refractivity contribution >= 4 is 0 Å². The van der Waals surface area contributed by atoms with Crippen molar-refractivity contribution in [3.05, 3.63) is 0 Å². The van der Waals surface area contributed by atoms with Crippen LogP contribution in [-0.2, 0) is 5.48 Å². The minimum Gasteiger partial charge on any atom is -0.391 e. The highest BCUT2D eigenvalue weighted by Crippen LogP contribution is 1.93. The molecule has 0 aromatic carbocycles. The summed E-state index contributed by atoms with van der Waals surface area (Å²) in [6.07, 6.45) is 0. The molecule has 6 heavy (non-hydrogen) atoms. The Labute approximate surface area is 38.1 Å². The summed E-state index contributed by atoms with van der Waals surface area (Å²) in [5.41, 5.74) is -0.500. The molecule has 2 nitrogen and oxygen atoms in total. The van der Waals surface area contributed by atoms with Gasteiger partial charge in [-0.3, -0.25) is 0 Å². The van der Waals surface area contributed by atoms with E-state index in [2.05, 4.69) is 0 Å². The van der Waals surface area contributed by atoms with Gasteiger partial charge < -0.3 is 5.11 Å². The molecule has 0 unspecified atom stereocenters. The molecule has 1 N–H and O–H groups in total. The Morgan fingerprint density at radius 2 is 1.17 bits per heavy atom. The lowest BCUT2D eigenvalue weighted by Crippen LogP contribution is -2.10. The molecule has 0 spiro atoms. The molecule has 0 atom stereocenters. The Morgan fingerprint density at radius 1 is 1.17 bits per heavy atom. The zero-order chi connectivity index (χ0) is 4.50. The first kappa shape index (κ1) is 9.33. The quantitative estimate of drug-likeness (QED) is 0.466. The van der Waals surface area contributed by atoms with E-state index < -0.39 is 5.60 Å². The molecule has 0 aromatic rings. The fraction of sp³-hybridized carbons (Fsp3) is 1.00. The van der Waals surface area contributed by atoms with Crippen molar-refractivity contribution in [2.45, 2.75) is 26.4 Å². The summed E-state index contributed by atoms with van der Waals surface area (Å²) >= 11 is 0. The van der Waals surface area contributed by atoms with E-state index in [0.717, 1.165) is 0 Å². The maximum Gasteiger partial charge on any atom is 0.0563 e. The standard InChI is InChI=1S/C4H10O.O/c1-4(2,3)5;/h5H,1-3H3;. The smallest absolute Gasteiger partial charge is 0.0563 e. The first-order chi connectivity index (χ1) is 2.00. The summed E-state index contributed by atoms with van der Waals surface area (Å²) in [6.45, 7) is 5.23. The first-order valence-electron chi connectivity index (χ1n) is 1.72. The second-order valence-electron chi connectivity index (χ2n) is 2.17. The van der Waals surface area contributed by atoms with Gasteiger partial charge in [0.25, 0.3) is 0 Å². The largest absolute Gasteiger partial charge is 0.391 e. The molecular formula is C4H10O2. The van der Waals surface area contributed by atoms with Crippen LogP contribution < -0.4 is 0 Å². The van der Waals surface area contributed by atoms with Crippen LogP contribution in [0, 0.1) is 0 Å². The molecule has 0 saturated carbocycles. The second kappa shape index (κ2) is 2.16. The van der Waals surface area contributed by atoms with E-state index in [9.17, 15) is 0 Å². The average Bonchev–Trinajstić information content (AvgIpc) is 0.722. The lowest BCUT2D eigenvalue weighted by atomic mass is 10.2. The van der Waals surface area contributed by atoms with Crippen LogP contribution in [0.25, 0.3) is 0 Å². The van der Waals surface area contributed by atoms with Crippen molar-refractivity contribution in [2.24, 2.45) is 0 Å². The van der Waals surface area contributed by atoms with Crippen LogP contribution in [0.2, 0.25) is 0 Å². The monoisotopic (exact) mass is 90.1 g/mol. The van der Waals surface area contributed by atoms with Gasteiger partial charge in [-0.1, -0.05) is 0 Å². The van der Waals surface area contributed by atoms with Gasteiger partial charge in [0.15, 0.2) is 0 Å². The molecule has 0 aliphatic heterocycles. The van der Waals surface area contributed by atoms with Crippen molar-refractivity contribution < 1.29 is 10.6 Å². The molecular weight excluding hydrogens is 80.0 g/mol. The van der Waals surface area contributed by atoms with E-state index in [1.165, 1.54) is 0 Å². The third-order valence-electron chi connectivity index (χ3n) is 0. The van der Waals surface area contributed by atoms with Crippen LogP contribution in [0.3, 0.4) is 0 Å². The van der Waals surface area contributed by atoms with Crippen LogP contribution in [0.15, 0.2) is 0 Å². The summed E-state index contributed by atoms with van der Waals surface area (Å²) < 4.78 is 0. The van der Waals surface area contributed by atoms with Gasteiger partial charge >= 0.3 is 0 Å². The fourth-order valence-electron chi connectivity index (χ4n) is 0. The Hall–Kier alpha value is -0.0800. The van der Waals surface area contributed by atoms with Crippen LogP contribution >= 0.6 is 0 Å². The van der Waals surface area contributed by atoms with Crippen molar-refractivity contribution in [1.82, 2.24) is 0 Å². The predicted molar refractivity (Wildman–Crippen MR) is 22.7 cm³/mol. The topological polar surface area (TPSA) is 48.7 Å². The SMILES string of the molecule is CC(C)(C)O.[O]. The zero-order valence-corrected chi connectivity index (χ0v) is 4.36. The Morgan fingerprint density at radius 3 is 1.17 bits per heavy atom. The van der Waals surface area contributed by atoms with Gasteiger partial charge in [0.2, 0.25) is 0 Å². The summed E-state index contributed by atoms with van der Waals surface area (Å²) in [4.78, 5) is 0. The van der Waals surface area contributed by atoms with E-state index >= 15 is 0 Å².